The summed E-state index contributed by atoms with van der Waals surface area (Å²) in [6.45, 7) is 0. The quantitative estimate of drug-likeness (QED) is 0.243. The van der Waals surface area contributed by atoms with Gasteiger partial charge in [0.1, 0.15) is 16.9 Å². The van der Waals surface area contributed by atoms with E-state index in [1.165, 1.54) is 32.6 Å². The van der Waals surface area contributed by atoms with Gasteiger partial charge in [-0.1, -0.05) is 72.8 Å². The van der Waals surface area contributed by atoms with Crippen molar-refractivity contribution in [1.29, 1.82) is 0 Å². The van der Waals surface area contributed by atoms with Crippen LogP contribution in [-0.2, 0) is 0 Å². The summed E-state index contributed by atoms with van der Waals surface area (Å²) in [4.78, 5) is 0. The molecule has 180 valence electrons. The molecule has 2 heterocycles. The van der Waals surface area contributed by atoms with Crippen molar-refractivity contribution in [3.8, 4) is 11.4 Å². The predicted molar refractivity (Wildman–Crippen MR) is 157 cm³/mol. The summed E-state index contributed by atoms with van der Waals surface area (Å²) >= 11 is 0. The molecule has 0 radical (unpaired) electrons. The smallest absolute Gasteiger partial charge is 0.139 e. The number of hydrogen-bond acceptors (Lipinski definition) is 3. The number of furan rings is 1. The maximum atomic E-state index is 10.8. The molecule has 4 nitrogen and oxygen atoms in total. The third-order valence-electron chi connectivity index (χ3n) is 7.48. The number of phenolic OH excluding ortho intramolecular Hbond substituents is 1. The lowest BCUT2D eigenvalue weighted by molar-refractivity contribution is 0.478. The number of anilines is 2. The molecule has 2 aromatic heterocycles. The van der Waals surface area contributed by atoms with Crippen LogP contribution in [0.2, 0.25) is 0 Å². The van der Waals surface area contributed by atoms with Gasteiger partial charge in [-0.3, -0.25) is 0 Å². The number of hydrogen-bond donors (Lipinski definition) is 2. The molecular weight excluding hydrogens is 468 g/mol. The Bertz CT molecular complexity index is 2170. The lowest BCUT2D eigenvalue weighted by atomic mass is 10.1. The molecule has 0 amide bonds. The van der Waals surface area contributed by atoms with Gasteiger partial charge in [0, 0.05) is 32.9 Å². The Kier molecular flexibility index (Phi) is 4.34. The highest BCUT2D eigenvalue weighted by Crippen LogP contribution is 2.41. The molecule has 0 bridgehead atoms. The van der Waals surface area contributed by atoms with E-state index in [2.05, 4.69) is 94.8 Å². The highest BCUT2D eigenvalue weighted by Gasteiger charge is 2.16. The lowest BCUT2D eigenvalue weighted by Gasteiger charge is -2.13. The molecule has 0 aliphatic rings. The normalized spacial score (nSPS) is 11.8. The number of aromatic hydroxyl groups is 1. The second kappa shape index (κ2) is 7.89. The topological polar surface area (TPSA) is 50.3 Å². The van der Waals surface area contributed by atoms with E-state index in [1.54, 1.807) is 6.07 Å². The van der Waals surface area contributed by atoms with Crippen LogP contribution in [0.5, 0.6) is 5.75 Å². The molecule has 0 saturated carbocycles. The van der Waals surface area contributed by atoms with Gasteiger partial charge >= 0.3 is 0 Å². The van der Waals surface area contributed by atoms with Crippen molar-refractivity contribution in [3.63, 3.8) is 0 Å². The first-order valence-electron chi connectivity index (χ1n) is 12.7. The highest BCUT2D eigenvalue weighted by atomic mass is 16.3. The maximum absolute atomic E-state index is 10.8. The molecule has 6 aromatic carbocycles. The summed E-state index contributed by atoms with van der Waals surface area (Å²) in [5.41, 5.74) is 6.51. The predicted octanol–water partition coefficient (Wildman–Crippen LogP) is 9.29. The summed E-state index contributed by atoms with van der Waals surface area (Å²) in [5, 5.41) is 21.0. The van der Waals surface area contributed by atoms with Crippen molar-refractivity contribution >= 4 is 65.9 Å². The first-order chi connectivity index (χ1) is 18.8. The van der Waals surface area contributed by atoms with Crippen LogP contribution in [0.3, 0.4) is 0 Å². The van der Waals surface area contributed by atoms with Crippen LogP contribution in [0.15, 0.2) is 126 Å². The van der Waals surface area contributed by atoms with Gasteiger partial charge in [0.2, 0.25) is 0 Å². The Morgan fingerprint density at radius 3 is 2.18 bits per heavy atom. The van der Waals surface area contributed by atoms with Crippen molar-refractivity contribution in [2.75, 3.05) is 5.32 Å². The molecule has 0 unspecified atom stereocenters. The SMILES string of the molecule is Oc1ccc2oc3ccccc3c2c1Nc1ccc(-n2c3ccccc3c3ccc4ccccc4c32)cc1. The van der Waals surface area contributed by atoms with Gasteiger partial charge in [-0.2, -0.15) is 0 Å². The van der Waals surface area contributed by atoms with Gasteiger partial charge in [0.05, 0.1) is 22.1 Å². The Labute approximate surface area is 218 Å². The van der Waals surface area contributed by atoms with Gasteiger partial charge in [-0.25, -0.2) is 0 Å². The van der Waals surface area contributed by atoms with Crippen LogP contribution < -0.4 is 5.32 Å². The van der Waals surface area contributed by atoms with E-state index < -0.39 is 0 Å². The van der Waals surface area contributed by atoms with E-state index in [-0.39, 0.29) is 5.75 Å². The Hall–Kier alpha value is -5.22. The Morgan fingerprint density at radius 1 is 0.579 bits per heavy atom. The lowest BCUT2D eigenvalue weighted by Crippen LogP contribution is -1.96. The minimum absolute atomic E-state index is 0.182. The first-order valence-corrected chi connectivity index (χ1v) is 12.7. The van der Waals surface area contributed by atoms with E-state index in [0.717, 1.165) is 33.3 Å². The number of fused-ring (bicyclic) bond motifs is 8. The van der Waals surface area contributed by atoms with Gasteiger partial charge < -0.3 is 19.4 Å². The van der Waals surface area contributed by atoms with E-state index >= 15 is 0 Å². The van der Waals surface area contributed by atoms with Crippen molar-refractivity contribution in [2.45, 2.75) is 0 Å². The standard InChI is InChI=1S/C34H22N2O2/c37-29-19-20-31-32(27-10-4-6-12-30(27)38-31)33(29)35-22-14-16-23(17-15-22)36-28-11-5-3-9-25(28)26-18-13-21-7-1-2-8-24(21)34(26)36/h1-20,35,37H. The Balaban J connectivity index is 1.29. The van der Waals surface area contributed by atoms with Gasteiger partial charge in [0.25, 0.3) is 0 Å². The van der Waals surface area contributed by atoms with Crippen molar-refractivity contribution < 1.29 is 9.52 Å². The van der Waals surface area contributed by atoms with Gasteiger partial charge in [-0.15, -0.1) is 0 Å². The molecular formula is C34H22N2O2. The number of para-hydroxylation sites is 2. The zero-order valence-corrected chi connectivity index (χ0v) is 20.3. The largest absolute Gasteiger partial charge is 0.506 e. The Morgan fingerprint density at radius 2 is 1.32 bits per heavy atom. The fraction of sp³-hybridized carbons (Fsp3) is 0. The van der Waals surface area contributed by atoms with Gasteiger partial charge in [0.15, 0.2) is 0 Å². The van der Waals surface area contributed by atoms with E-state index in [1.807, 2.05) is 30.3 Å². The van der Waals surface area contributed by atoms with Gasteiger partial charge in [-0.05, 0) is 53.9 Å². The van der Waals surface area contributed by atoms with Crippen LogP contribution in [0, 0.1) is 0 Å². The molecule has 0 aliphatic carbocycles. The van der Waals surface area contributed by atoms with Crippen LogP contribution in [0.1, 0.15) is 0 Å². The summed E-state index contributed by atoms with van der Waals surface area (Å²) in [6.07, 6.45) is 0. The molecule has 38 heavy (non-hydrogen) atoms. The average Bonchev–Trinajstić information content (AvgIpc) is 3.51. The summed E-state index contributed by atoms with van der Waals surface area (Å²) in [6, 6.07) is 41.3. The fourth-order valence-electron chi connectivity index (χ4n) is 5.77. The van der Waals surface area contributed by atoms with Crippen molar-refractivity contribution in [1.82, 2.24) is 4.57 Å². The number of nitrogens with zero attached hydrogens (tertiary/aromatic N) is 1. The third kappa shape index (κ3) is 2.98. The fourth-order valence-corrected chi connectivity index (χ4v) is 5.77. The second-order valence-corrected chi connectivity index (χ2v) is 9.64. The summed E-state index contributed by atoms with van der Waals surface area (Å²) < 4.78 is 8.36. The molecule has 0 spiro atoms. The van der Waals surface area contributed by atoms with Crippen LogP contribution in [0.4, 0.5) is 11.4 Å². The van der Waals surface area contributed by atoms with Crippen molar-refractivity contribution in [3.05, 3.63) is 121 Å². The second-order valence-electron chi connectivity index (χ2n) is 9.64. The van der Waals surface area contributed by atoms with E-state index in [4.69, 9.17) is 4.42 Å². The van der Waals surface area contributed by atoms with Crippen molar-refractivity contribution in [2.24, 2.45) is 0 Å². The molecule has 0 aliphatic heterocycles. The van der Waals surface area contributed by atoms with Crippen LogP contribution in [-0.4, -0.2) is 9.67 Å². The average molecular weight is 491 g/mol. The number of phenols is 1. The summed E-state index contributed by atoms with van der Waals surface area (Å²) in [7, 11) is 0. The first kappa shape index (κ1) is 20.9. The zero-order chi connectivity index (χ0) is 25.2. The van der Waals surface area contributed by atoms with Crippen LogP contribution in [0.25, 0.3) is 60.2 Å². The summed E-state index contributed by atoms with van der Waals surface area (Å²) in [5.74, 6) is 0.182. The molecule has 8 rings (SSSR count). The zero-order valence-electron chi connectivity index (χ0n) is 20.3. The molecule has 8 aromatic rings. The van der Waals surface area contributed by atoms with E-state index in [9.17, 15) is 5.11 Å². The third-order valence-corrected chi connectivity index (χ3v) is 7.48. The number of benzene rings is 6. The maximum Gasteiger partial charge on any atom is 0.139 e. The minimum atomic E-state index is 0.182. The molecule has 0 fully saturated rings. The molecule has 4 heteroatoms. The number of nitrogens with one attached hydrogen (secondary N) is 1. The van der Waals surface area contributed by atoms with Crippen LogP contribution >= 0.6 is 0 Å². The monoisotopic (exact) mass is 490 g/mol. The number of rotatable bonds is 3. The minimum Gasteiger partial charge on any atom is -0.506 e. The number of aromatic nitrogens is 1. The highest BCUT2D eigenvalue weighted by molar-refractivity contribution is 6.18. The molecule has 0 atom stereocenters. The molecule has 2 N–H and O–H groups in total. The molecule has 0 saturated heterocycles. The van der Waals surface area contributed by atoms with E-state index in [0.29, 0.717) is 5.69 Å².